The van der Waals surface area contributed by atoms with Crippen molar-refractivity contribution in [1.29, 1.82) is 0 Å². The van der Waals surface area contributed by atoms with Crippen LogP contribution in [0.1, 0.15) is 41.8 Å². The number of pyridine rings is 1. The molecule has 170 valence electrons. The van der Waals surface area contributed by atoms with Crippen molar-refractivity contribution in [2.24, 2.45) is 5.16 Å². The molecule has 0 bridgehead atoms. The van der Waals surface area contributed by atoms with Crippen LogP contribution in [0.2, 0.25) is 0 Å². The molecule has 0 saturated heterocycles. The second-order valence-electron chi connectivity index (χ2n) is 7.24. The van der Waals surface area contributed by atoms with Gasteiger partial charge in [-0.3, -0.25) is 9.78 Å². The van der Waals surface area contributed by atoms with Gasteiger partial charge >= 0.3 is 6.36 Å². The van der Waals surface area contributed by atoms with Crippen molar-refractivity contribution < 1.29 is 32.3 Å². The number of alkyl halides is 3. The van der Waals surface area contributed by atoms with Gasteiger partial charge in [0.15, 0.2) is 11.9 Å². The highest BCUT2D eigenvalue weighted by molar-refractivity contribution is 5.96. The van der Waals surface area contributed by atoms with Gasteiger partial charge in [0, 0.05) is 17.5 Å². The first-order valence-corrected chi connectivity index (χ1v) is 10.2. The van der Waals surface area contributed by atoms with Crippen LogP contribution in [-0.4, -0.2) is 23.0 Å². The summed E-state index contributed by atoms with van der Waals surface area (Å²) in [5, 5.41) is 3.91. The lowest BCUT2D eigenvalue weighted by Gasteiger charge is -2.11. The number of hydrogen-bond acceptors (Lipinski definition) is 6. The van der Waals surface area contributed by atoms with E-state index in [2.05, 4.69) is 14.9 Å². The standard InChI is InChI=1S/C24H19F3N2O4/c1-2-21(30)17-5-3-4-16(12-17)20-11-10-19(14-28-20)31-23-13-22(33-29-23)15-6-8-18(9-7-15)32-24(25,26)27/h3-12,14,22H,2,13H2,1H3. The lowest BCUT2D eigenvalue weighted by Crippen LogP contribution is -2.17. The molecule has 3 aromatic rings. The summed E-state index contributed by atoms with van der Waals surface area (Å²) in [4.78, 5) is 21.7. The minimum Gasteiger partial charge on any atom is -0.438 e. The molecule has 2 aromatic carbocycles. The van der Waals surface area contributed by atoms with Crippen molar-refractivity contribution in [1.82, 2.24) is 4.98 Å². The zero-order valence-corrected chi connectivity index (χ0v) is 17.5. The SMILES string of the molecule is CCC(=O)c1cccc(-c2ccc(OC3=NOC(c4ccc(OC(F)(F)F)cc4)C3)cn2)c1. The minimum atomic E-state index is -4.74. The second-order valence-corrected chi connectivity index (χ2v) is 7.24. The van der Waals surface area contributed by atoms with Gasteiger partial charge in [-0.05, 0) is 35.9 Å². The Morgan fingerprint density at radius 3 is 2.52 bits per heavy atom. The molecule has 2 heterocycles. The Morgan fingerprint density at radius 2 is 1.85 bits per heavy atom. The number of Topliss-reactive ketones (excluding diaryl/α,β-unsaturated/α-hetero) is 1. The Labute approximate surface area is 187 Å². The van der Waals surface area contributed by atoms with E-state index < -0.39 is 12.5 Å². The topological polar surface area (TPSA) is 70.0 Å². The van der Waals surface area contributed by atoms with Gasteiger partial charge in [0.05, 0.1) is 18.3 Å². The second kappa shape index (κ2) is 9.32. The average Bonchev–Trinajstić information content (AvgIpc) is 3.27. The van der Waals surface area contributed by atoms with E-state index in [4.69, 9.17) is 9.57 Å². The van der Waals surface area contributed by atoms with Gasteiger partial charge in [-0.2, -0.15) is 0 Å². The highest BCUT2D eigenvalue weighted by atomic mass is 19.4. The Morgan fingerprint density at radius 1 is 1.09 bits per heavy atom. The summed E-state index contributed by atoms with van der Waals surface area (Å²) in [5.74, 6) is 0.530. The van der Waals surface area contributed by atoms with Crippen LogP contribution in [0, 0.1) is 0 Å². The van der Waals surface area contributed by atoms with E-state index in [1.165, 1.54) is 24.3 Å². The lowest BCUT2D eigenvalue weighted by molar-refractivity contribution is -0.274. The van der Waals surface area contributed by atoms with Crippen molar-refractivity contribution in [3.05, 3.63) is 78.0 Å². The van der Waals surface area contributed by atoms with Crippen LogP contribution in [0.15, 0.2) is 72.0 Å². The quantitative estimate of drug-likeness (QED) is 0.420. The molecule has 0 N–H and O–H groups in total. The number of carbonyl (C=O) groups excluding carboxylic acids is 1. The Balaban J connectivity index is 1.36. The zero-order chi connectivity index (χ0) is 23.4. The lowest BCUT2D eigenvalue weighted by atomic mass is 10.0. The van der Waals surface area contributed by atoms with Gasteiger partial charge in [-0.15, -0.1) is 13.2 Å². The van der Waals surface area contributed by atoms with Gasteiger partial charge in [-0.1, -0.05) is 42.4 Å². The molecule has 0 amide bonds. The number of rotatable bonds is 6. The number of ketones is 1. The molecule has 1 aliphatic rings. The maximum Gasteiger partial charge on any atom is 0.573 e. The van der Waals surface area contributed by atoms with Crippen molar-refractivity contribution >= 4 is 11.7 Å². The number of hydrogen-bond donors (Lipinski definition) is 0. The minimum absolute atomic E-state index is 0.0631. The number of benzene rings is 2. The zero-order valence-electron chi connectivity index (χ0n) is 17.5. The third-order valence-corrected chi connectivity index (χ3v) is 4.90. The third kappa shape index (κ3) is 5.68. The van der Waals surface area contributed by atoms with E-state index in [0.717, 1.165) is 5.56 Å². The molecule has 1 unspecified atom stereocenters. The first-order valence-electron chi connectivity index (χ1n) is 10.2. The summed E-state index contributed by atoms with van der Waals surface area (Å²) in [7, 11) is 0. The van der Waals surface area contributed by atoms with E-state index in [9.17, 15) is 18.0 Å². The Kier molecular flexibility index (Phi) is 6.30. The molecule has 9 heteroatoms. The summed E-state index contributed by atoms with van der Waals surface area (Å²) in [5.41, 5.74) is 2.79. The van der Waals surface area contributed by atoms with Crippen LogP contribution in [-0.2, 0) is 4.84 Å². The van der Waals surface area contributed by atoms with Crippen LogP contribution >= 0.6 is 0 Å². The molecule has 0 spiro atoms. The summed E-state index contributed by atoms with van der Waals surface area (Å²) in [6, 6.07) is 16.2. The van der Waals surface area contributed by atoms with Crippen molar-refractivity contribution in [3.8, 4) is 22.8 Å². The van der Waals surface area contributed by atoms with E-state index in [-0.39, 0.29) is 11.5 Å². The molecule has 6 nitrogen and oxygen atoms in total. The van der Waals surface area contributed by atoms with E-state index >= 15 is 0 Å². The fourth-order valence-electron chi connectivity index (χ4n) is 3.28. The first-order chi connectivity index (χ1) is 15.8. The monoisotopic (exact) mass is 456 g/mol. The fourth-order valence-corrected chi connectivity index (χ4v) is 3.28. The maximum atomic E-state index is 12.3. The van der Waals surface area contributed by atoms with Crippen molar-refractivity contribution in [3.63, 3.8) is 0 Å². The first kappa shape index (κ1) is 22.3. The van der Waals surface area contributed by atoms with Gasteiger partial charge in [0.1, 0.15) is 11.5 Å². The van der Waals surface area contributed by atoms with E-state index in [1.54, 1.807) is 30.5 Å². The normalized spacial score (nSPS) is 15.5. The summed E-state index contributed by atoms with van der Waals surface area (Å²) in [6.07, 6.45) is -2.94. The van der Waals surface area contributed by atoms with Crippen LogP contribution in [0.4, 0.5) is 13.2 Å². The third-order valence-electron chi connectivity index (χ3n) is 4.90. The largest absolute Gasteiger partial charge is 0.573 e. The highest BCUT2D eigenvalue weighted by Gasteiger charge is 2.31. The molecular formula is C24H19F3N2O4. The number of aromatic nitrogens is 1. The van der Waals surface area contributed by atoms with Crippen LogP contribution in [0.25, 0.3) is 11.3 Å². The van der Waals surface area contributed by atoms with Gasteiger partial charge < -0.3 is 14.3 Å². The summed E-state index contributed by atoms with van der Waals surface area (Å²) >= 11 is 0. The number of oxime groups is 1. The smallest absolute Gasteiger partial charge is 0.438 e. The van der Waals surface area contributed by atoms with Crippen LogP contribution < -0.4 is 9.47 Å². The van der Waals surface area contributed by atoms with Gasteiger partial charge in [0.2, 0.25) is 5.90 Å². The molecule has 33 heavy (non-hydrogen) atoms. The highest BCUT2D eigenvalue weighted by Crippen LogP contribution is 2.31. The summed E-state index contributed by atoms with van der Waals surface area (Å²) < 4.78 is 46.4. The molecule has 0 aliphatic carbocycles. The molecule has 1 aliphatic heterocycles. The van der Waals surface area contributed by atoms with Crippen LogP contribution in [0.5, 0.6) is 11.5 Å². The number of ether oxygens (including phenoxy) is 2. The molecular weight excluding hydrogens is 437 g/mol. The predicted octanol–water partition coefficient (Wildman–Crippen LogP) is 6.09. The fraction of sp³-hybridized carbons (Fsp3) is 0.208. The Hall–Kier alpha value is -3.88. The Bertz CT molecular complexity index is 1160. The van der Waals surface area contributed by atoms with Gasteiger partial charge in [-0.25, -0.2) is 0 Å². The molecule has 0 fully saturated rings. The molecule has 4 rings (SSSR count). The van der Waals surface area contributed by atoms with E-state index in [0.29, 0.717) is 41.3 Å². The van der Waals surface area contributed by atoms with Crippen molar-refractivity contribution in [2.75, 3.05) is 0 Å². The summed E-state index contributed by atoms with van der Waals surface area (Å²) in [6.45, 7) is 1.82. The molecule has 0 radical (unpaired) electrons. The maximum absolute atomic E-state index is 12.3. The van der Waals surface area contributed by atoms with E-state index in [1.807, 2.05) is 19.1 Å². The van der Waals surface area contributed by atoms with Gasteiger partial charge in [0.25, 0.3) is 0 Å². The van der Waals surface area contributed by atoms with Crippen molar-refractivity contribution in [2.45, 2.75) is 32.2 Å². The number of carbonyl (C=O) groups is 1. The molecule has 1 aromatic heterocycles. The van der Waals surface area contributed by atoms with Crippen LogP contribution in [0.3, 0.4) is 0 Å². The predicted molar refractivity (Wildman–Crippen MR) is 114 cm³/mol. The number of halogens is 3. The molecule has 1 atom stereocenters. The molecule has 0 saturated carbocycles. The number of nitrogens with zero attached hydrogens (tertiary/aromatic N) is 2. The average molecular weight is 456 g/mol.